The molecule has 0 saturated heterocycles. The van der Waals surface area contributed by atoms with Crippen LogP contribution in [0.15, 0.2) is 59.1 Å². The Morgan fingerprint density at radius 2 is 1.75 bits per heavy atom. The van der Waals surface area contributed by atoms with Crippen LogP contribution < -0.4 is 5.32 Å². The molecule has 0 aliphatic rings. The number of carbonyl (C=O) groups excluding carboxylic acids is 1. The minimum absolute atomic E-state index is 0.0926. The maximum absolute atomic E-state index is 12.2. The lowest BCUT2D eigenvalue weighted by molar-refractivity contribution is -0.121. The van der Waals surface area contributed by atoms with Gasteiger partial charge in [-0.25, -0.2) is 0 Å². The van der Waals surface area contributed by atoms with Crippen LogP contribution in [0.2, 0.25) is 0 Å². The fourth-order valence-electron chi connectivity index (χ4n) is 1.92. The molecule has 0 radical (unpaired) electrons. The SMILES string of the molecule is C[C@H](NC(=O)C(Cl)c1ccccc1)c1cccc(Br)c1. The predicted molar refractivity (Wildman–Crippen MR) is 85.7 cm³/mol. The number of carbonyl (C=O) groups is 1. The fraction of sp³-hybridized carbons (Fsp3) is 0.188. The topological polar surface area (TPSA) is 29.1 Å². The molecule has 0 bridgehead atoms. The van der Waals surface area contributed by atoms with Gasteiger partial charge in [-0.05, 0) is 30.2 Å². The molecule has 2 aromatic rings. The number of amides is 1. The average Bonchev–Trinajstić information content (AvgIpc) is 2.47. The van der Waals surface area contributed by atoms with Gasteiger partial charge in [-0.3, -0.25) is 4.79 Å². The Morgan fingerprint density at radius 3 is 2.40 bits per heavy atom. The monoisotopic (exact) mass is 351 g/mol. The van der Waals surface area contributed by atoms with Crippen molar-refractivity contribution in [2.24, 2.45) is 0 Å². The molecule has 1 unspecified atom stereocenters. The van der Waals surface area contributed by atoms with E-state index in [1.165, 1.54) is 0 Å². The van der Waals surface area contributed by atoms with E-state index in [9.17, 15) is 4.79 Å². The van der Waals surface area contributed by atoms with E-state index in [-0.39, 0.29) is 11.9 Å². The Kier molecular flexibility index (Phi) is 5.21. The molecule has 20 heavy (non-hydrogen) atoms. The largest absolute Gasteiger partial charge is 0.348 e. The molecule has 104 valence electrons. The van der Waals surface area contributed by atoms with E-state index in [0.717, 1.165) is 15.6 Å². The van der Waals surface area contributed by atoms with Crippen molar-refractivity contribution < 1.29 is 4.79 Å². The number of rotatable bonds is 4. The van der Waals surface area contributed by atoms with E-state index in [0.29, 0.717) is 0 Å². The number of nitrogens with one attached hydrogen (secondary N) is 1. The maximum atomic E-state index is 12.2. The summed E-state index contributed by atoms with van der Waals surface area (Å²) in [7, 11) is 0. The third kappa shape index (κ3) is 3.84. The van der Waals surface area contributed by atoms with Gasteiger partial charge in [0.15, 0.2) is 0 Å². The van der Waals surface area contributed by atoms with Crippen molar-refractivity contribution in [2.75, 3.05) is 0 Å². The molecule has 0 aliphatic heterocycles. The zero-order chi connectivity index (χ0) is 14.5. The first kappa shape index (κ1) is 15.1. The molecule has 0 aromatic heterocycles. The van der Waals surface area contributed by atoms with Gasteiger partial charge in [-0.15, -0.1) is 11.6 Å². The third-order valence-corrected chi connectivity index (χ3v) is 3.97. The van der Waals surface area contributed by atoms with Crippen molar-refractivity contribution in [3.05, 3.63) is 70.2 Å². The highest BCUT2D eigenvalue weighted by molar-refractivity contribution is 9.10. The van der Waals surface area contributed by atoms with Gasteiger partial charge in [-0.1, -0.05) is 58.4 Å². The maximum Gasteiger partial charge on any atom is 0.243 e. The van der Waals surface area contributed by atoms with Crippen molar-refractivity contribution in [1.29, 1.82) is 0 Å². The first-order valence-electron chi connectivity index (χ1n) is 6.33. The molecule has 0 aliphatic carbocycles. The first-order chi connectivity index (χ1) is 9.58. The van der Waals surface area contributed by atoms with Crippen molar-refractivity contribution in [3.63, 3.8) is 0 Å². The van der Waals surface area contributed by atoms with Crippen molar-refractivity contribution in [3.8, 4) is 0 Å². The molecule has 1 N–H and O–H groups in total. The summed E-state index contributed by atoms with van der Waals surface area (Å²) in [6, 6.07) is 17.1. The van der Waals surface area contributed by atoms with Crippen LogP contribution in [0.25, 0.3) is 0 Å². The van der Waals surface area contributed by atoms with Crippen LogP contribution in [-0.4, -0.2) is 5.91 Å². The van der Waals surface area contributed by atoms with Gasteiger partial charge >= 0.3 is 0 Å². The molecular weight excluding hydrogens is 338 g/mol. The third-order valence-electron chi connectivity index (χ3n) is 3.03. The number of alkyl halides is 1. The van der Waals surface area contributed by atoms with E-state index in [1.54, 1.807) is 0 Å². The van der Waals surface area contributed by atoms with E-state index >= 15 is 0 Å². The van der Waals surface area contributed by atoms with Gasteiger partial charge in [-0.2, -0.15) is 0 Å². The summed E-state index contributed by atoms with van der Waals surface area (Å²) in [5, 5.41) is 2.25. The number of hydrogen-bond donors (Lipinski definition) is 1. The summed E-state index contributed by atoms with van der Waals surface area (Å²) in [5.74, 6) is -0.189. The zero-order valence-corrected chi connectivity index (χ0v) is 13.4. The van der Waals surface area contributed by atoms with Crippen molar-refractivity contribution in [2.45, 2.75) is 18.3 Å². The Hall–Kier alpha value is -1.32. The van der Waals surface area contributed by atoms with Crippen LogP contribution in [0, 0.1) is 0 Å². The van der Waals surface area contributed by atoms with Gasteiger partial charge in [0, 0.05) is 4.47 Å². The minimum Gasteiger partial charge on any atom is -0.348 e. The second-order valence-electron chi connectivity index (χ2n) is 4.56. The van der Waals surface area contributed by atoms with E-state index in [1.807, 2.05) is 61.5 Å². The van der Waals surface area contributed by atoms with Crippen LogP contribution in [0.5, 0.6) is 0 Å². The summed E-state index contributed by atoms with van der Waals surface area (Å²) >= 11 is 9.62. The van der Waals surface area contributed by atoms with Gasteiger partial charge in [0.1, 0.15) is 5.38 Å². The van der Waals surface area contributed by atoms with E-state index in [4.69, 9.17) is 11.6 Å². The lowest BCUT2D eigenvalue weighted by Crippen LogP contribution is -2.29. The second kappa shape index (κ2) is 6.91. The highest BCUT2D eigenvalue weighted by Crippen LogP contribution is 2.23. The Bertz CT molecular complexity index is 588. The lowest BCUT2D eigenvalue weighted by Gasteiger charge is -2.17. The van der Waals surface area contributed by atoms with Crippen LogP contribution in [0.3, 0.4) is 0 Å². The zero-order valence-electron chi connectivity index (χ0n) is 11.0. The molecule has 1 amide bonds. The summed E-state index contributed by atoms with van der Waals surface area (Å²) in [6.45, 7) is 1.94. The molecule has 0 saturated carbocycles. The van der Waals surface area contributed by atoms with Crippen LogP contribution in [0.1, 0.15) is 29.5 Å². The normalized spacial score (nSPS) is 13.6. The van der Waals surface area contributed by atoms with E-state index < -0.39 is 5.38 Å². The summed E-state index contributed by atoms with van der Waals surface area (Å²) in [4.78, 5) is 12.2. The Balaban J connectivity index is 2.04. The molecule has 2 nitrogen and oxygen atoms in total. The second-order valence-corrected chi connectivity index (χ2v) is 5.91. The molecule has 0 fully saturated rings. The highest BCUT2D eigenvalue weighted by Gasteiger charge is 2.19. The van der Waals surface area contributed by atoms with Gasteiger partial charge in [0.05, 0.1) is 6.04 Å². The molecular formula is C16H15BrClNO. The Labute approximate surface area is 132 Å². The predicted octanol–water partition coefficient (Wildman–Crippen LogP) is 4.61. The average molecular weight is 353 g/mol. The molecule has 2 rings (SSSR count). The van der Waals surface area contributed by atoms with Crippen LogP contribution >= 0.6 is 27.5 Å². The minimum atomic E-state index is -0.675. The van der Waals surface area contributed by atoms with E-state index in [2.05, 4.69) is 21.2 Å². The van der Waals surface area contributed by atoms with Crippen molar-refractivity contribution >= 4 is 33.4 Å². The summed E-state index contributed by atoms with van der Waals surface area (Å²) in [5.41, 5.74) is 1.83. The van der Waals surface area contributed by atoms with Crippen LogP contribution in [-0.2, 0) is 4.79 Å². The quantitative estimate of drug-likeness (QED) is 0.800. The summed E-state index contributed by atoms with van der Waals surface area (Å²) < 4.78 is 0.988. The number of hydrogen-bond acceptors (Lipinski definition) is 1. The molecule has 0 heterocycles. The lowest BCUT2D eigenvalue weighted by atomic mass is 10.1. The summed E-state index contributed by atoms with van der Waals surface area (Å²) in [6.07, 6.45) is 0. The molecule has 2 atom stereocenters. The first-order valence-corrected chi connectivity index (χ1v) is 7.55. The molecule has 0 spiro atoms. The Morgan fingerprint density at radius 1 is 1.10 bits per heavy atom. The standard InChI is InChI=1S/C16H15BrClNO/c1-11(13-8-5-9-14(17)10-13)19-16(20)15(18)12-6-3-2-4-7-12/h2-11,15H,1H3,(H,19,20)/t11-,15?/m0/s1. The fourth-order valence-corrected chi connectivity index (χ4v) is 2.54. The van der Waals surface area contributed by atoms with Gasteiger partial charge in [0.25, 0.3) is 0 Å². The highest BCUT2D eigenvalue weighted by atomic mass is 79.9. The van der Waals surface area contributed by atoms with Gasteiger partial charge in [0.2, 0.25) is 5.91 Å². The smallest absolute Gasteiger partial charge is 0.243 e. The van der Waals surface area contributed by atoms with Crippen LogP contribution in [0.4, 0.5) is 0 Å². The molecule has 2 aromatic carbocycles. The number of halogens is 2. The molecule has 4 heteroatoms. The van der Waals surface area contributed by atoms with Crippen molar-refractivity contribution in [1.82, 2.24) is 5.32 Å². The van der Waals surface area contributed by atoms with Gasteiger partial charge < -0.3 is 5.32 Å². The number of benzene rings is 2.